The molecule has 3 heterocycles. The van der Waals surface area contributed by atoms with Gasteiger partial charge in [-0.2, -0.15) is 5.26 Å². The van der Waals surface area contributed by atoms with E-state index in [0.29, 0.717) is 12.1 Å². The van der Waals surface area contributed by atoms with Gasteiger partial charge in [0, 0.05) is 30.9 Å². The largest absolute Gasteiger partial charge is 0.354 e. The molecule has 0 spiro atoms. The van der Waals surface area contributed by atoms with Gasteiger partial charge < -0.3 is 10.2 Å². The van der Waals surface area contributed by atoms with E-state index in [0.717, 1.165) is 37.3 Å². The number of aromatic nitrogens is 1. The zero-order valence-electron chi connectivity index (χ0n) is 12.4. The van der Waals surface area contributed by atoms with E-state index in [1.54, 1.807) is 0 Å². The summed E-state index contributed by atoms with van der Waals surface area (Å²) in [6.07, 6.45) is 8.36. The van der Waals surface area contributed by atoms with Crippen LogP contribution < -0.4 is 10.2 Å². The quantitative estimate of drug-likeness (QED) is 0.857. The topological polar surface area (TPSA) is 52.0 Å². The second-order valence-corrected chi connectivity index (χ2v) is 6.66. The number of aryl methyl sites for hydroxylation is 2. The zero-order chi connectivity index (χ0) is 14.2. The van der Waals surface area contributed by atoms with Gasteiger partial charge in [-0.3, -0.25) is 0 Å². The lowest BCUT2D eigenvalue weighted by Crippen LogP contribution is -2.36. The lowest BCUT2D eigenvalue weighted by molar-refractivity contribution is 0.563. The number of fused-ring (bicyclic) bond motifs is 3. The van der Waals surface area contributed by atoms with Crippen molar-refractivity contribution < 1.29 is 0 Å². The van der Waals surface area contributed by atoms with E-state index in [1.165, 1.54) is 43.4 Å². The molecule has 2 unspecified atom stereocenters. The molecule has 1 N–H and O–H groups in total. The Hall–Kier alpha value is -1.60. The van der Waals surface area contributed by atoms with Crippen molar-refractivity contribution in [3.63, 3.8) is 0 Å². The Kier molecular flexibility index (Phi) is 3.31. The minimum Gasteiger partial charge on any atom is -0.354 e. The van der Waals surface area contributed by atoms with Gasteiger partial charge in [0.25, 0.3) is 0 Å². The summed E-state index contributed by atoms with van der Waals surface area (Å²) in [6, 6.07) is 5.73. The van der Waals surface area contributed by atoms with Gasteiger partial charge in [0.05, 0.1) is 5.56 Å². The number of pyridine rings is 1. The molecule has 3 aliphatic rings. The van der Waals surface area contributed by atoms with E-state index < -0.39 is 0 Å². The molecule has 1 aromatic rings. The molecule has 2 saturated heterocycles. The van der Waals surface area contributed by atoms with Crippen LogP contribution in [0.3, 0.4) is 0 Å². The molecular weight excluding hydrogens is 260 g/mol. The van der Waals surface area contributed by atoms with Crippen molar-refractivity contribution in [2.45, 2.75) is 57.0 Å². The number of hydrogen-bond acceptors (Lipinski definition) is 4. The molecule has 4 heteroatoms. The first-order chi connectivity index (χ1) is 10.3. The minimum atomic E-state index is 0.571. The number of nitrogens with one attached hydrogen (secondary N) is 1. The molecule has 0 radical (unpaired) electrons. The van der Waals surface area contributed by atoms with Crippen molar-refractivity contribution in [1.29, 1.82) is 5.26 Å². The smallest absolute Gasteiger partial charge is 0.146 e. The maximum Gasteiger partial charge on any atom is 0.146 e. The molecule has 110 valence electrons. The van der Waals surface area contributed by atoms with E-state index in [9.17, 15) is 5.26 Å². The van der Waals surface area contributed by atoms with Crippen molar-refractivity contribution in [2.75, 3.05) is 18.0 Å². The van der Waals surface area contributed by atoms with Crippen molar-refractivity contribution >= 4 is 5.82 Å². The Bertz CT molecular complexity index is 589. The van der Waals surface area contributed by atoms with Gasteiger partial charge in [0.15, 0.2) is 0 Å². The second kappa shape index (κ2) is 5.31. The van der Waals surface area contributed by atoms with E-state index in [1.807, 2.05) is 0 Å². The first kappa shape index (κ1) is 13.1. The van der Waals surface area contributed by atoms with Crippen LogP contribution >= 0.6 is 0 Å². The number of rotatable bonds is 1. The molecule has 2 atom stereocenters. The van der Waals surface area contributed by atoms with Gasteiger partial charge >= 0.3 is 0 Å². The van der Waals surface area contributed by atoms with Crippen LogP contribution in [0, 0.1) is 11.3 Å². The molecule has 1 aromatic heterocycles. The number of anilines is 1. The summed E-state index contributed by atoms with van der Waals surface area (Å²) in [5.74, 6) is 0.938. The van der Waals surface area contributed by atoms with Gasteiger partial charge in [-0.15, -0.1) is 0 Å². The fourth-order valence-corrected chi connectivity index (χ4v) is 4.08. The summed E-state index contributed by atoms with van der Waals surface area (Å²) < 4.78 is 0. The molecule has 1 aliphatic carbocycles. The summed E-state index contributed by atoms with van der Waals surface area (Å²) in [7, 11) is 0. The Morgan fingerprint density at radius 1 is 1.19 bits per heavy atom. The maximum atomic E-state index is 9.52. The van der Waals surface area contributed by atoms with E-state index in [4.69, 9.17) is 4.98 Å². The fraction of sp³-hybridized carbons (Fsp3) is 0.647. The number of nitriles is 1. The van der Waals surface area contributed by atoms with Crippen LogP contribution in [-0.4, -0.2) is 30.2 Å². The Morgan fingerprint density at radius 3 is 2.95 bits per heavy atom. The lowest BCUT2D eigenvalue weighted by atomic mass is 9.94. The van der Waals surface area contributed by atoms with Crippen molar-refractivity contribution in [3.8, 4) is 6.07 Å². The average molecular weight is 282 g/mol. The van der Waals surface area contributed by atoms with Gasteiger partial charge in [0.2, 0.25) is 0 Å². The molecule has 0 saturated carbocycles. The van der Waals surface area contributed by atoms with Crippen LogP contribution in [0.2, 0.25) is 0 Å². The molecular formula is C17H22N4. The summed E-state index contributed by atoms with van der Waals surface area (Å²) in [5.41, 5.74) is 3.31. The zero-order valence-corrected chi connectivity index (χ0v) is 12.4. The van der Waals surface area contributed by atoms with Gasteiger partial charge in [-0.1, -0.05) is 0 Å². The third-order valence-corrected chi connectivity index (χ3v) is 5.22. The summed E-state index contributed by atoms with van der Waals surface area (Å²) in [4.78, 5) is 7.26. The summed E-state index contributed by atoms with van der Waals surface area (Å²) in [6.45, 7) is 2.02. The summed E-state index contributed by atoms with van der Waals surface area (Å²) in [5, 5.41) is 13.2. The molecule has 2 bridgehead atoms. The minimum absolute atomic E-state index is 0.571. The predicted molar refractivity (Wildman–Crippen MR) is 82.4 cm³/mol. The van der Waals surface area contributed by atoms with E-state index in [2.05, 4.69) is 22.4 Å². The molecule has 2 fully saturated rings. The van der Waals surface area contributed by atoms with Crippen LogP contribution in [0.1, 0.15) is 48.9 Å². The normalized spacial score (nSPS) is 27.9. The van der Waals surface area contributed by atoms with E-state index in [-0.39, 0.29) is 0 Å². The highest BCUT2D eigenvalue weighted by Gasteiger charge is 2.31. The van der Waals surface area contributed by atoms with E-state index >= 15 is 0 Å². The van der Waals surface area contributed by atoms with Crippen LogP contribution in [0.5, 0.6) is 0 Å². The van der Waals surface area contributed by atoms with Crippen LogP contribution in [0.25, 0.3) is 0 Å². The summed E-state index contributed by atoms with van der Waals surface area (Å²) >= 11 is 0. The molecule has 0 amide bonds. The molecule has 4 rings (SSSR count). The Balaban J connectivity index is 1.68. The highest BCUT2D eigenvalue weighted by atomic mass is 15.2. The van der Waals surface area contributed by atoms with Crippen molar-refractivity contribution in [3.05, 3.63) is 22.9 Å². The third kappa shape index (κ3) is 2.40. The Labute approximate surface area is 126 Å². The molecule has 0 aromatic carbocycles. The van der Waals surface area contributed by atoms with Gasteiger partial charge in [-0.05, 0) is 56.6 Å². The van der Waals surface area contributed by atoms with Gasteiger partial charge in [0.1, 0.15) is 11.9 Å². The molecule has 4 nitrogen and oxygen atoms in total. The highest BCUT2D eigenvalue weighted by Crippen LogP contribution is 2.29. The predicted octanol–water partition coefficient (Wildman–Crippen LogP) is 2.16. The highest BCUT2D eigenvalue weighted by molar-refractivity contribution is 5.57. The fourth-order valence-electron chi connectivity index (χ4n) is 4.08. The van der Waals surface area contributed by atoms with Crippen molar-refractivity contribution in [2.24, 2.45) is 0 Å². The SMILES string of the molecule is N#Cc1cc2c(nc1N1CCC3CCC(C1)N3)CCCC2. The first-order valence-electron chi connectivity index (χ1n) is 8.27. The Morgan fingerprint density at radius 2 is 2.05 bits per heavy atom. The van der Waals surface area contributed by atoms with Crippen LogP contribution in [0.4, 0.5) is 5.82 Å². The third-order valence-electron chi connectivity index (χ3n) is 5.22. The second-order valence-electron chi connectivity index (χ2n) is 6.66. The maximum absolute atomic E-state index is 9.52. The standard InChI is InChI=1S/C17H22N4/c18-10-13-9-12-3-1-2-4-16(12)20-17(13)21-8-7-14-5-6-15(11-21)19-14/h9,14-15,19H,1-8,11H2. The molecule has 2 aliphatic heterocycles. The number of hydrogen-bond donors (Lipinski definition) is 1. The van der Waals surface area contributed by atoms with Crippen LogP contribution in [-0.2, 0) is 12.8 Å². The molecule has 21 heavy (non-hydrogen) atoms. The van der Waals surface area contributed by atoms with Crippen molar-refractivity contribution in [1.82, 2.24) is 10.3 Å². The lowest BCUT2D eigenvalue weighted by Gasteiger charge is -2.28. The van der Waals surface area contributed by atoms with Crippen LogP contribution in [0.15, 0.2) is 6.07 Å². The average Bonchev–Trinajstić information content (AvgIpc) is 2.85. The monoisotopic (exact) mass is 282 g/mol. The first-order valence-corrected chi connectivity index (χ1v) is 8.27. The number of nitrogens with zero attached hydrogens (tertiary/aromatic N) is 3. The van der Waals surface area contributed by atoms with Gasteiger partial charge in [-0.25, -0.2) is 4.98 Å².